The topological polar surface area (TPSA) is 50.8 Å². The molecule has 1 aromatic carbocycles. The average molecular weight is 306 g/mol. The summed E-state index contributed by atoms with van der Waals surface area (Å²) in [6.07, 6.45) is -0.0287. The molecule has 1 aromatic rings. The Morgan fingerprint density at radius 3 is 2.86 bits per heavy atom. The van der Waals surface area contributed by atoms with Crippen LogP contribution in [-0.4, -0.2) is 57.0 Å². The van der Waals surface area contributed by atoms with Crippen molar-refractivity contribution in [2.45, 2.75) is 25.9 Å². The molecule has 1 aliphatic heterocycles. The van der Waals surface area contributed by atoms with Crippen LogP contribution in [0.5, 0.6) is 0 Å². The molecular weight excluding hydrogens is 280 g/mol. The molecule has 2 rings (SSSR count). The highest BCUT2D eigenvalue weighted by molar-refractivity contribution is 5.74. The van der Waals surface area contributed by atoms with Crippen molar-refractivity contribution >= 4 is 6.03 Å². The number of benzene rings is 1. The predicted octanol–water partition coefficient (Wildman–Crippen LogP) is 2.16. The van der Waals surface area contributed by atoms with E-state index in [1.165, 1.54) is 11.1 Å². The van der Waals surface area contributed by atoms with E-state index in [0.29, 0.717) is 38.8 Å². The molecule has 0 aromatic heterocycles. The van der Waals surface area contributed by atoms with Crippen LogP contribution in [0.15, 0.2) is 24.3 Å². The van der Waals surface area contributed by atoms with Crippen molar-refractivity contribution in [3.63, 3.8) is 0 Å². The molecule has 1 fully saturated rings. The highest BCUT2D eigenvalue weighted by Gasteiger charge is 2.24. The molecule has 0 bridgehead atoms. The largest absolute Gasteiger partial charge is 0.382 e. The fourth-order valence-corrected chi connectivity index (χ4v) is 2.56. The Kier molecular flexibility index (Phi) is 6.21. The minimum Gasteiger partial charge on any atom is -0.382 e. The molecule has 1 N–H and O–H groups in total. The number of hydrogen-bond donors (Lipinski definition) is 1. The first-order valence-corrected chi connectivity index (χ1v) is 7.80. The van der Waals surface area contributed by atoms with E-state index in [4.69, 9.17) is 9.47 Å². The van der Waals surface area contributed by atoms with E-state index in [1.54, 1.807) is 12.0 Å². The number of nitrogens with one attached hydrogen (secondary N) is 1. The molecule has 22 heavy (non-hydrogen) atoms. The normalized spacial score (nSPS) is 19.8. The van der Waals surface area contributed by atoms with Gasteiger partial charge in [0.15, 0.2) is 0 Å². The number of nitrogens with zero attached hydrogens (tertiary/aromatic N) is 1. The number of methoxy groups -OCH3 is 1. The van der Waals surface area contributed by atoms with E-state index in [0.717, 1.165) is 0 Å². The number of ether oxygens (including phenoxy) is 2. The first kappa shape index (κ1) is 16.8. The standard InChI is InChI=1S/C17H26N2O3/c1-13-4-6-15(7-5-13)14(2)10-18-17(20)19-8-9-22-16(11-19)12-21-3/h4-7,14,16H,8-12H2,1-3H3,(H,18,20). The Balaban J connectivity index is 1.80. The van der Waals surface area contributed by atoms with Crippen molar-refractivity contribution in [3.8, 4) is 0 Å². The molecule has 2 atom stereocenters. The first-order valence-electron chi connectivity index (χ1n) is 7.80. The Morgan fingerprint density at radius 1 is 1.45 bits per heavy atom. The van der Waals surface area contributed by atoms with Crippen LogP contribution < -0.4 is 5.32 Å². The maximum Gasteiger partial charge on any atom is 0.317 e. The monoisotopic (exact) mass is 306 g/mol. The second kappa shape index (κ2) is 8.15. The predicted molar refractivity (Wildman–Crippen MR) is 86.2 cm³/mol. The fourth-order valence-electron chi connectivity index (χ4n) is 2.56. The summed E-state index contributed by atoms with van der Waals surface area (Å²) in [5, 5.41) is 3.02. The molecule has 1 aliphatic rings. The minimum absolute atomic E-state index is 0.0247. The Labute approximate surface area is 132 Å². The van der Waals surface area contributed by atoms with Gasteiger partial charge in [-0.1, -0.05) is 36.8 Å². The summed E-state index contributed by atoms with van der Waals surface area (Å²) < 4.78 is 10.6. The van der Waals surface area contributed by atoms with E-state index in [1.807, 2.05) is 0 Å². The van der Waals surface area contributed by atoms with Gasteiger partial charge in [0, 0.05) is 20.2 Å². The summed E-state index contributed by atoms with van der Waals surface area (Å²) >= 11 is 0. The summed E-state index contributed by atoms with van der Waals surface area (Å²) in [5.41, 5.74) is 2.49. The van der Waals surface area contributed by atoms with Crippen LogP contribution in [0.1, 0.15) is 24.0 Å². The average Bonchev–Trinajstić information content (AvgIpc) is 2.53. The van der Waals surface area contributed by atoms with Gasteiger partial charge in [-0.3, -0.25) is 0 Å². The maximum atomic E-state index is 12.3. The third-order valence-corrected chi connectivity index (χ3v) is 3.98. The van der Waals surface area contributed by atoms with E-state index in [-0.39, 0.29) is 12.1 Å². The smallest absolute Gasteiger partial charge is 0.317 e. The number of aryl methyl sites for hydroxylation is 1. The minimum atomic E-state index is -0.0287. The second-order valence-electron chi connectivity index (χ2n) is 5.89. The third kappa shape index (κ3) is 4.71. The Morgan fingerprint density at radius 2 is 2.18 bits per heavy atom. The van der Waals surface area contributed by atoms with Gasteiger partial charge in [-0.05, 0) is 18.4 Å². The number of amides is 2. The summed E-state index contributed by atoms with van der Waals surface area (Å²) in [6.45, 7) is 7.12. The van der Waals surface area contributed by atoms with Gasteiger partial charge in [0.1, 0.15) is 0 Å². The SMILES string of the molecule is COCC1CN(C(=O)NCC(C)c2ccc(C)cc2)CCO1. The molecule has 1 heterocycles. The van der Waals surface area contributed by atoms with Crippen molar-refractivity contribution in [3.05, 3.63) is 35.4 Å². The number of carbonyl (C=O) groups is 1. The van der Waals surface area contributed by atoms with E-state index in [2.05, 4.69) is 43.4 Å². The molecular formula is C17H26N2O3. The lowest BCUT2D eigenvalue weighted by Gasteiger charge is -2.32. The van der Waals surface area contributed by atoms with Crippen LogP contribution in [0.3, 0.4) is 0 Å². The lowest BCUT2D eigenvalue weighted by molar-refractivity contribution is -0.0494. The number of carbonyl (C=O) groups excluding carboxylic acids is 1. The van der Waals surface area contributed by atoms with E-state index in [9.17, 15) is 4.79 Å². The zero-order valence-electron chi connectivity index (χ0n) is 13.7. The van der Waals surface area contributed by atoms with Gasteiger partial charge in [0.25, 0.3) is 0 Å². The summed E-state index contributed by atoms with van der Waals surface area (Å²) in [5.74, 6) is 0.292. The highest BCUT2D eigenvalue weighted by Crippen LogP contribution is 2.15. The van der Waals surface area contributed by atoms with Gasteiger partial charge in [-0.15, -0.1) is 0 Å². The fraction of sp³-hybridized carbons (Fsp3) is 0.588. The Bertz CT molecular complexity index is 473. The van der Waals surface area contributed by atoms with Crippen molar-refractivity contribution in [2.75, 3.05) is 40.0 Å². The molecule has 1 saturated heterocycles. The van der Waals surface area contributed by atoms with Gasteiger partial charge in [-0.2, -0.15) is 0 Å². The molecule has 0 aliphatic carbocycles. The molecule has 5 heteroatoms. The highest BCUT2D eigenvalue weighted by atomic mass is 16.5. The summed E-state index contributed by atoms with van der Waals surface area (Å²) in [4.78, 5) is 14.1. The molecule has 0 saturated carbocycles. The molecule has 2 amide bonds. The van der Waals surface area contributed by atoms with Gasteiger partial charge in [0.05, 0.1) is 25.9 Å². The number of morpholine rings is 1. The third-order valence-electron chi connectivity index (χ3n) is 3.98. The first-order chi connectivity index (χ1) is 10.6. The van der Waals surface area contributed by atoms with Crippen molar-refractivity contribution in [2.24, 2.45) is 0 Å². The van der Waals surface area contributed by atoms with Crippen LogP contribution in [0.4, 0.5) is 4.79 Å². The van der Waals surface area contributed by atoms with Crippen LogP contribution in [0.25, 0.3) is 0 Å². The summed E-state index contributed by atoms with van der Waals surface area (Å²) in [7, 11) is 1.64. The maximum absolute atomic E-state index is 12.3. The van der Waals surface area contributed by atoms with E-state index < -0.39 is 0 Å². The van der Waals surface area contributed by atoms with Crippen molar-refractivity contribution in [1.82, 2.24) is 10.2 Å². The van der Waals surface area contributed by atoms with Crippen LogP contribution >= 0.6 is 0 Å². The number of hydrogen-bond acceptors (Lipinski definition) is 3. The van der Waals surface area contributed by atoms with Crippen molar-refractivity contribution in [1.29, 1.82) is 0 Å². The molecule has 5 nitrogen and oxygen atoms in total. The summed E-state index contributed by atoms with van der Waals surface area (Å²) in [6, 6.07) is 8.42. The molecule has 122 valence electrons. The molecule has 0 spiro atoms. The van der Waals surface area contributed by atoms with Crippen LogP contribution in [0, 0.1) is 6.92 Å². The van der Waals surface area contributed by atoms with Crippen LogP contribution in [-0.2, 0) is 9.47 Å². The van der Waals surface area contributed by atoms with Crippen LogP contribution in [0.2, 0.25) is 0 Å². The van der Waals surface area contributed by atoms with Gasteiger partial charge < -0.3 is 19.7 Å². The zero-order valence-corrected chi connectivity index (χ0v) is 13.7. The number of rotatable bonds is 5. The van der Waals surface area contributed by atoms with Gasteiger partial charge >= 0.3 is 6.03 Å². The quantitative estimate of drug-likeness (QED) is 0.907. The van der Waals surface area contributed by atoms with E-state index >= 15 is 0 Å². The lowest BCUT2D eigenvalue weighted by atomic mass is 10.0. The Hall–Kier alpha value is -1.59. The molecule has 0 radical (unpaired) electrons. The van der Waals surface area contributed by atoms with Crippen molar-refractivity contribution < 1.29 is 14.3 Å². The molecule has 2 unspecified atom stereocenters. The van der Waals surface area contributed by atoms with Gasteiger partial charge in [-0.25, -0.2) is 4.79 Å². The van der Waals surface area contributed by atoms with Gasteiger partial charge in [0.2, 0.25) is 0 Å². The number of urea groups is 1. The zero-order chi connectivity index (χ0) is 15.9. The second-order valence-corrected chi connectivity index (χ2v) is 5.89. The lowest BCUT2D eigenvalue weighted by Crippen LogP contribution is -2.51.